The Morgan fingerprint density at radius 3 is 2.65 bits per heavy atom. The van der Waals surface area contributed by atoms with Crippen molar-refractivity contribution in [2.45, 2.75) is 25.8 Å². The van der Waals surface area contributed by atoms with Crippen LogP contribution in [0.4, 0.5) is 8.78 Å². The molecule has 0 radical (unpaired) electrons. The van der Waals surface area contributed by atoms with E-state index in [4.69, 9.17) is 11.6 Å². The van der Waals surface area contributed by atoms with Crippen molar-refractivity contribution in [2.24, 2.45) is 0 Å². The van der Waals surface area contributed by atoms with Crippen LogP contribution in [0.1, 0.15) is 24.8 Å². The molecule has 4 heteroatoms. The summed E-state index contributed by atoms with van der Waals surface area (Å²) < 4.78 is 26.4. The smallest absolute Gasteiger partial charge is 0.163 e. The molecule has 0 aliphatic rings. The zero-order valence-corrected chi connectivity index (χ0v) is 10.8. The van der Waals surface area contributed by atoms with Gasteiger partial charge in [0.05, 0.1) is 0 Å². The number of hydrogen-bond donors (Lipinski definition) is 0. The number of halogens is 3. The molecule has 0 saturated carbocycles. The first-order valence-corrected chi connectivity index (χ1v) is 6.36. The number of rotatable bonds is 7. The fraction of sp³-hybridized carbons (Fsp3) is 0.538. The van der Waals surface area contributed by atoms with Crippen LogP contribution in [0.5, 0.6) is 0 Å². The van der Waals surface area contributed by atoms with Crippen molar-refractivity contribution in [1.82, 2.24) is 4.90 Å². The van der Waals surface area contributed by atoms with E-state index in [0.29, 0.717) is 18.0 Å². The quantitative estimate of drug-likeness (QED) is 0.533. The van der Waals surface area contributed by atoms with E-state index in [9.17, 15) is 8.78 Å². The lowest BCUT2D eigenvalue weighted by molar-refractivity contribution is 0.311. The number of alkyl halides is 1. The van der Waals surface area contributed by atoms with Crippen LogP contribution in [0, 0.1) is 11.6 Å². The topological polar surface area (TPSA) is 3.24 Å². The Labute approximate surface area is 106 Å². The molecule has 0 heterocycles. The van der Waals surface area contributed by atoms with E-state index >= 15 is 0 Å². The standard InChI is InChI=1S/C13H18ClF2N/c1-17(9-4-2-3-8-14)10-11-6-5-7-12(15)13(11)16/h5-7H,2-4,8-10H2,1H3. The Morgan fingerprint density at radius 2 is 1.94 bits per heavy atom. The summed E-state index contributed by atoms with van der Waals surface area (Å²) in [5.74, 6) is -0.833. The lowest BCUT2D eigenvalue weighted by Gasteiger charge is -2.16. The highest BCUT2D eigenvalue weighted by molar-refractivity contribution is 6.17. The molecule has 1 nitrogen and oxygen atoms in total. The molecule has 0 aliphatic carbocycles. The zero-order valence-electron chi connectivity index (χ0n) is 10.1. The van der Waals surface area contributed by atoms with E-state index in [1.165, 1.54) is 6.07 Å². The van der Waals surface area contributed by atoms with Crippen LogP contribution in [-0.4, -0.2) is 24.4 Å². The van der Waals surface area contributed by atoms with Crippen LogP contribution in [0.3, 0.4) is 0 Å². The van der Waals surface area contributed by atoms with Crippen LogP contribution < -0.4 is 0 Å². The average molecular weight is 262 g/mol. The molecule has 96 valence electrons. The van der Waals surface area contributed by atoms with Gasteiger partial charge < -0.3 is 4.90 Å². The van der Waals surface area contributed by atoms with Gasteiger partial charge in [-0.25, -0.2) is 8.78 Å². The van der Waals surface area contributed by atoms with Crippen molar-refractivity contribution in [3.05, 3.63) is 35.4 Å². The first kappa shape index (κ1) is 14.4. The Morgan fingerprint density at radius 1 is 1.18 bits per heavy atom. The molecule has 0 aromatic heterocycles. The van der Waals surface area contributed by atoms with Gasteiger partial charge in [0, 0.05) is 18.0 Å². The third-order valence-electron chi connectivity index (χ3n) is 2.65. The molecule has 0 amide bonds. The predicted molar refractivity (Wildman–Crippen MR) is 67.3 cm³/mol. The SMILES string of the molecule is CN(CCCCCCl)Cc1cccc(F)c1F. The van der Waals surface area contributed by atoms with Gasteiger partial charge in [0.15, 0.2) is 11.6 Å². The second kappa shape index (κ2) is 7.62. The third kappa shape index (κ3) is 5.00. The maximum absolute atomic E-state index is 13.4. The molecule has 1 aromatic rings. The van der Waals surface area contributed by atoms with Crippen LogP contribution in [-0.2, 0) is 6.54 Å². The molecule has 17 heavy (non-hydrogen) atoms. The van der Waals surface area contributed by atoms with Crippen molar-refractivity contribution in [2.75, 3.05) is 19.5 Å². The van der Waals surface area contributed by atoms with Crippen LogP contribution in [0.15, 0.2) is 18.2 Å². The second-order valence-corrected chi connectivity index (χ2v) is 4.58. The first-order chi connectivity index (χ1) is 8.15. The molecule has 0 bridgehead atoms. The van der Waals surface area contributed by atoms with Gasteiger partial charge in [-0.05, 0) is 32.5 Å². The van der Waals surface area contributed by atoms with Crippen LogP contribution in [0.2, 0.25) is 0 Å². The summed E-state index contributed by atoms with van der Waals surface area (Å²) >= 11 is 5.58. The van der Waals surface area contributed by atoms with E-state index in [2.05, 4.69) is 0 Å². The molecule has 0 spiro atoms. The summed E-state index contributed by atoms with van der Waals surface area (Å²) in [4.78, 5) is 1.99. The van der Waals surface area contributed by atoms with Crippen molar-refractivity contribution in [1.29, 1.82) is 0 Å². The normalized spacial score (nSPS) is 11.1. The maximum Gasteiger partial charge on any atom is 0.163 e. The number of nitrogens with zero attached hydrogens (tertiary/aromatic N) is 1. The summed E-state index contributed by atoms with van der Waals surface area (Å²) in [7, 11) is 1.91. The molecule has 1 aromatic carbocycles. The zero-order chi connectivity index (χ0) is 12.7. The molecule has 0 saturated heterocycles. The Kier molecular flexibility index (Phi) is 6.45. The molecule has 0 fully saturated rings. The van der Waals surface area contributed by atoms with Gasteiger partial charge in [-0.1, -0.05) is 18.6 Å². The molecule has 1 rings (SSSR count). The van der Waals surface area contributed by atoms with Gasteiger partial charge in [0.2, 0.25) is 0 Å². The number of unbranched alkanes of at least 4 members (excludes halogenated alkanes) is 2. The Bertz CT molecular complexity index is 344. The van der Waals surface area contributed by atoms with E-state index < -0.39 is 11.6 Å². The fourth-order valence-electron chi connectivity index (χ4n) is 1.69. The minimum atomic E-state index is -0.780. The summed E-state index contributed by atoms with van der Waals surface area (Å²) in [6, 6.07) is 4.29. The lowest BCUT2D eigenvalue weighted by Crippen LogP contribution is -2.20. The largest absolute Gasteiger partial charge is 0.302 e. The van der Waals surface area contributed by atoms with Gasteiger partial charge in [-0.3, -0.25) is 0 Å². The molecule has 0 aliphatic heterocycles. The summed E-state index contributed by atoms with van der Waals surface area (Å²) in [5, 5.41) is 0. The van der Waals surface area contributed by atoms with Crippen molar-refractivity contribution in [3.63, 3.8) is 0 Å². The molecule has 0 N–H and O–H groups in total. The molecular formula is C13H18ClF2N. The predicted octanol–water partition coefficient (Wildman–Crippen LogP) is 3.81. The lowest BCUT2D eigenvalue weighted by atomic mass is 10.2. The maximum atomic E-state index is 13.4. The van der Waals surface area contributed by atoms with Gasteiger partial charge >= 0.3 is 0 Å². The minimum absolute atomic E-state index is 0.407. The highest BCUT2D eigenvalue weighted by Crippen LogP contribution is 2.13. The molecular weight excluding hydrogens is 244 g/mol. The number of benzene rings is 1. The van der Waals surface area contributed by atoms with Gasteiger partial charge in [-0.2, -0.15) is 0 Å². The van der Waals surface area contributed by atoms with Crippen LogP contribution >= 0.6 is 11.6 Å². The fourth-order valence-corrected chi connectivity index (χ4v) is 1.88. The molecule has 0 atom stereocenters. The highest BCUT2D eigenvalue weighted by atomic mass is 35.5. The Balaban J connectivity index is 2.39. The first-order valence-electron chi connectivity index (χ1n) is 5.82. The van der Waals surface area contributed by atoms with Gasteiger partial charge in [-0.15, -0.1) is 11.6 Å². The van der Waals surface area contributed by atoms with E-state index in [1.54, 1.807) is 6.07 Å². The summed E-state index contributed by atoms with van der Waals surface area (Å²) in [5.41, 5.74) is 0.407. The molecule has 0 unspecified atom stereocenters. The van der Waals surface area contributed by atoms with Crippen molar-refractivity contribution < 1.29 is 8.78 Å². The van der Waals surface area contributed by atoms with Crippen LogP contribution in [0.25, 0.3) is 0 Å². The number of hydrogen-bond acceptors (Lipinski definition) is 1. The van der Waals surface area contributed by atoms with E-state index in [-0.39, 0.29) is 0 Å². The third-order valence-corrected chi connectivity index (χ3v) is 2.91. The van der Waals surface area contributed by atoms with Gasteiger partial charge in [0.25, 0.3) is 0 Å². The monoisotopic (exact) mass is 261 g/mol. The van der Waals surface area contributed by atoms with Crippen molar-refractivity contribution >= 4 is 11.6 Å². The Hall–Kier alpha value is -0.670. The van der Waals surface area contributed by atoms with E-state index in [1.807, 2.05) is 11.9 Å². The summed E-state index contributed by atoms with van der Waals surface area (Å²) in [6.45, 7) is 1.30. The van der Waals surface area contributed by atoms with E-state index in [0.717, 1.165) is 31.9 Å². The highest BCUT2D eigenvalue weighted by Gasteiger charge is 2.09. The average Bonchev–Trinajstić information content (AvgIpc) is 2.31. The van der Waals surface area contributed by atoms with Crippen molar-refractivity contribution in [3.8, 4) is 0 Å². The van der Waals surface area contributed by atoms with Gasteiger partial charge in [0.1, 0.15) is 0 Å². The minimum Gasteiger partial charge on any atom is -0.302 e. The second-order valence-electron chi connectivity index (χ2n) is 4.20. The summed E-state index contributed by atoms with van der Waals surface area (Å²) in [6.07, 6.45) is 3.10.